The van der Waals surface area contributed by atoms with Crippen molar-refractivity contribution in [3.8, 4) is 5.69 Å². The topological polar surface area (TPSA) is 96.7 Å². The Morgan fingerprint density at radius 2 is 1.55 bits per heavy atom. The lowest BCUT2D eigenvalue weighted by Gasteiger charge is -2.17. The van der Waals surface area contributed by atoms with Crippen LogP contribution in [0.5, 0.6) is 0 Å². The number of nitrogens with zero attached hydrogens (tertiary/aromatic N) is 4. The van der Waals surface area contributed by atoms with Gasteiger partial charge in [-0.1, -0.05) is 78.1 Å². The van der Waals surface area contributed by atoms with Gasteiger partial charge < -0.3 is 5.32 Å². The highest BCUT2D eigenvalue weighted by atomic mass is 32.2. The molecule has 3 heterocycles. The molecule has 1 N–H and O–H groups in total. The largest absolute Gasteiger partial charge is 0.325 e. The van der Waals surface area contributed by atoms with Crippen molar-refractivity contribution in [2.45, 2.75) is 13.8 Å². The van der Waals surface area contributed by atoms with Gasteiger partial charge in [0.2, 0.25) is 5.91 Å². The molecule has 0 radical (unpaired) electrons. The zero-order valence-electron chi connectivity index (χ0n) is 23.0. The molecule has 3 aromatic carbocycles. The summed E-state index contributed by atoms with van der Waals surface area (Å²) in [5.74, 6) is -1.42. The van der Waals surface area contributed by atoms with Gasteiger partial charge >= 0.3 is 0 Å². The van der Waals surface area contributed by atoms with Crippen molar-refractivity contribution in [1.29, 1.82) is 0 Å². The number of carbonyl (C=O) groups excluding carboxylic acids is 3. The second-order valence-electron chi connectivity index (χ2n) is 9.95. The number of rotatable bonds is 5. The van der Waals surface area contributed by atoms with E-state index in [4.69, 9.17) is 12.2 Å². The molecule has 0 unspecified atom stereocenters. The number of fused-ring (bicyclic) bond motifs is 1. The fraction of sp³-hybridized carbons (Fsp3) is 0.129. The van der Waals surface area contributed by atoms with Gasteiger partial charge in [-0.25, -0.2) is 4.68 Å². The molecule has 210 valence electrons. The molecule has 1 saturated heterocycles. The molecule has 1 fully saturated rings. The Morgan fingerprint density at radius 3 is 2.26 bits per heavy atom. The summed E-state index contributed by atoms with van der Waals surface area (Å²) < 4.78 is 3.29. The number of thiocarbonyl (C=S) groups is 1. The molecule has 2 aliphatic heterocycles. The Kier molecular flexibility index (Phi) is 6.91. The van der Waals surface area contributed by atoms with E-state index in [1.165, 1.54) is 14.5 Å². The van der Waals surface area contributed by atoms with E-state index < -0.39 is 17.4 Å². The highest BCUT2D eigenvalue weighted by Gasteiger charge is 2.44. The molecule has 11 heteroatoms. The second kappa shape index (κ2) is 10.6. The van der Waals surface area contributed by atoms with E-state index in [-0.39, 0.29) is 32.9 Å². The standard InChI is InChI=1S/C31H25N5O4S2/c1-18-13-15-20(16-14-18)32-24(37)17-34-23-12-8-7-11-22(23)25(28(34)38)27-30(40)35(31(41)42-27)26-19(2)33(3)36(29(26)39)21-9-5-4-6-10-21/h4-16H,17H2,1-3H3,(H,32,37)/b27-25-. The maximum atomic E-state index is 14.0. The first kappa shape index (κ1) is 27.4. The molecule has 0 aliphatic carbocycles. The summed E-state index contributed by atoms with van der Waals surface area (Å²) in [5, 5.41) is 2.82. The number of anilines is 3. The summed E-state index contributed by atoms with van der Waals surface area (Å²) in [4.78, 5) is 57.1. The highest BCUT2D eigenvalue weighted by Crippen LogP contribution is 2.45. The summed E-state index contributed by atoms with van der Waals surface area (Å²) in [6.07, 6.45) is 0. The van der Waals surface area contributed by atoms with Gasteiger partial charge in [0.1, 0.15) is 12.2 Å². The summed E-state index contributed by atoms with van der Waals surface area (Å²) in [7, 11) is 1.74. The second-order valence-corrected chi connectivity index (χ2v) is 11.6. The fourth-order valence-corrected chi connectivity index (χ4v) is 6.50. The lowest BCUT2D eigenvalue weighted by atomic mass is 10.1. The van der Waals surface area contributed by atoms with E-state index in [1.54, 1.807) is 67.2 Å². The predicted molar refractivity (Wildman–Crippen MR) is 169 cm³/mol. The zero-order chi connectivity index (χ0) is 29.7. The number of carbonyl (C=O) groups is 3. The average Bonchev–Trinajstić information content (AvgIpc) is 3.50. The number of hydrogen-bond acceptors (Lipinski definition) is 6. The van der Waals surface area contributed by atoms with Gasteiger partial charge in [0.25, 0.3) is 17.4 Å². The summed E-state index contributed by atoms with van der Waals surface area (Å²) >= 11 is 6.58. The van der Waals surface area contributed by atoms with Gasteiger partial charge in [-0.15, -0.1) is 0 Å². The predicted octanol–water partition coefficient (Wildman–Crippen LogP) is 4.55. The first-order valence-corrected chi connectivity index (χ1v) is 14.3. The van der Waals surface area contributed by atoms with Crippen molar-refractivity contribution < 1.29 is 14.4 Å². The molecule has 9 nitrogen and oxygen atoms in total. The van der Waals surface area contributed by atoms with Crippen molar-refractivity contribution in [3.05, 3.63) is 111 Å². The third kappa shape index (κ3) is 4.47. The van der Waals surface area contributed by atoms with Gasteiger partial charge in [0.05, 0.1) is 27.5 Å². The van der Waals surface area contributed by atoms with Crippen LogP contribution in [-0.4, -0.2) is 38.0 Å². The number of para-hydroxylation sites is 2. The Bertz CT molecular complexity index is 1890. The average molecular weight is 596 g/mol. The van der Waals surface area contributed by atoms with Crippen molar-refractivity contribution in [1.82, 2.24) is 9.36 Å². The van der Waals surface area contributed by atoms with Crippen LogP contribution in [0.25, 0.3) is 11.3 Å². The molecule has 6 rings (SSSR count). The molecule has 1 aromatic heterocycles. The number of hydrogen-bond donors (Lipinski definition) is 1. The lowest BCUT2D eigenvalue weighted by Crippen LogP contribution is -2.36. The normalized spacial score (nSPS) is 16.4. The van der Waals surface area contributed by atoms with Crippen LogP contribution in [0.2, 0.25) is 0 Å². The van der Waals surface area contributed by atoms with Crippen LogP contribution in [0.1, 0.15) is 16.8 Å². The van der Waals surface area contributed by atoms with Gasteiger partial charge in [-0.3, -0.25) is 33.7 Å². The monoisotopic (exact) mass is 595 g/mol. The minimum atomic E-state index is -0.555. The van der Waals surface area contributed by atoms with Crippen molar-refractivity contribution in [3.63, 3.8) is 0 Å². The Balaban J connectivity index is 1.36. The fourth-order valence-electron chi connectivity index (χ4n) is 5.16. The number of aromatic nitrogens is 2. The van der Waals surface area contributed by atoms with E-state index >= 15 is 0 Å². The van der Waals surface area contributed by atoms with E-state index in [1.807, 2.05) is 37.3 Å². The number of thioether (sulfide) groups is 1. The zero-order valence-corrected chi connectivity index (χ0v) is 24.6. The molecule has 2 aliphatic rings. The van der Waals surface area contributed by atoms with Crippen LogP contribution in [0.15, 0.2) is 88.6 Å². The van der Waals surface area contributed by atoms with E-state index in [0.29, 0.717) is 28.3 Å². The minimum Gasteiger partial charge on any atom is -0.325 e. The van der Waals surface area contributed by atoms with E-state index in [2.05, 4.69) is 5.32 Å². The number of benzene rings is 3. The van der Waals surface area contributed by atoms with Crippen molar-refractivity contribution >= 4 is 68.7 Å². The molecular formula is C31H25N5O4S2. The molecule has 0 bridgehead atoms. The SMILES string of the molecule is Cc1ccc(NC(=O)CN2C(=O)/C(=C3\SC(=S)N(c4c(C)n(C)n(-c5ccccc5)c4=O)C3=O)c3ccccc32)cc1. The number of amides is 3. The van der Waals surface area contributed by atoms with Crippen LogP contribution in [0.4, 0.5) is 17.1 Å². The molecule has 3 amide bonds. The lowest BCUT2D eigenvalue weighted by molar-refractivity contribution is -0.118. The molecule has 0 atom stereocenters. The Morgan fingerprint density at radius 1 is 0.881 bits per heavy atom. The van der Waals surface area contributed by atoms with Crippen LogP contribution in [0, 0.1) is 13.8 Å². The smallest absolute Gasteiger partial charge is 0.296 e. The summed E-state index contributed by atoms with van der Waals surface area (Å²) in [6.45, 7) is 3.45. The molecule has 0 spiro atoms. The van der Waals surface area contributed by atoms with E-state index in [9.17, 15) is 19.2 Å². The van der Waals surface area contributed by atoms with Crippen LogP contribution in [-0.2, 0) is 21.4 Å². The van der Waals surface area contributed by atoms with Crippen LogP contribution in [0.3, 0.4) is 0 Å². The summed E-state index contributed by atoms with van der Waals surface area (Å²) in [5.41, 5.74) is 3.78. The quantitative estimate of drug-likeness (QED) is 0.269. The molecule has 42 heavy (non-hydrogen) atoms. The van der Waals surface area contributed by atoms with Gasteiger partial charge in [0, 0.05) is 18.3 Å². The highest BCUT2D eigenvalue weighted by molar-refractivity contribution is 8.27. The van der Waals surface area contributed by atoms with Crippen molar-refractivity contribution in [2.24, 2.45) is 7.05 Å². The maximum Gasteiger partial charge on any atom is 0.296 e. The minimum absolute atomic E-state index is 0.118. The third-order valence-electron chi connectivity index (χ3n) is 7.30. The van der Waals surface area contributed by atoms with E-state index in [0.717, 1.165) is 17.3 Å². The van der Waals surface area contributed by atoms with Gasteiger partial charge in [-0.2, -0.15) is 0 Å². The summed E-state index contributed by atoms with van der Waals surface area (Å²) in [6, 6.07) is 23.5. The van der Waals surface area contributed by atoms with Gasteiger partial charge in [0.15, 0.2) is 4.32 Å². The number of nitrogens with one attached hydrogen (secondary N) is 1. The Labute approximate surface area is 251 Å². The van der Waals surface area contributed by atoms with Crippen LogP contribution >= 0.6 is 24.0 Å². The number of aryl methyl sites for hydroxylation is 1. The van der Waals surface area contributed by atoms with Gasteiger partial charge in [-0.05, 0) is 44.2 Å². The maximum absolute atomic E-state index is 14.0. The Hall–Kier alpha value is -4.74. The molecule has 4 aromatic rings. The first-order chi connectivity index (χ1) is 20.2. The first-order valence-electron chi connectivity index (χ1n) is 13.1. The third-order valence-corrected chi connectivity index (χ3v) is 8.68. The molecular weight excluding hydrogens is 571 g/mol. The van der Waals surface area contributed by atoms with Crippen molar-refractivity contribution in [2.75, 3.05) is 21.7 Å². The molecule has 0 saturated carbocycles. The van der Waals surface area contributed by atoms with Crippen LogP contribution < -0.4 is 20.7 Å².